The maximum atomic E-state index is 6.87. The van der Waals surface area contributed by atoms with Gasteiger partial charge in [0.05, 0.1) is 0 Å². The van der Waals surface area contributed by atoms with E-state index in [1.165, 1.54) is 33.4 Å². The Morgan fingerprint density at radius 3 is 1.05 bits per heavy atom. The number of para-hydroxylation sites is 2. The average Bonchev–Trinajstić information content (AvgIpc) is 4.23. The van der Waals surface area contributed by atoms with Gasteiger partial charge in [-0.25, -0.2) is 0 Å². The van der Waals surface area contributed by atoms with Gasteiger partial charge in [-0.05, 0) is 231 Å². The minimum Gasteiger partial charge on any atom is -0.456 e. The summed E-state index contributed by atoms with van der Waals surface area (Å²) in [5.41, 5.74) is 22.0. The Bertz CT molecular complexity index is 4590. The van der Waals surface area contributed by atoms with Gasteiger partial charge >= 0.3 is 0 Å². The van der Waals surface area contributed by atoms with Crippen molar-refractivity contribution in [2.24, 2.45) is 0 Å². The summed E-state index contributed by atoms with van der Waals surface area (Å²) in [6, 6.07) is 63.5. The Balaban J connectivity index is 0.843. The Hall–Kier alpha value is -9.26. The van der Waals surface area contributed by atoms with E-state index in [4.69, 9.17) is 17.7 Å². The van der Waals surface area contributed by atoms with Crippen molar-refractivity contribution >= 4 is 143 Å². The molecule has 0 fully saturated rings. The maximum Gasteiger partial charge on any atom is 0.142 e. The standard InChI is InChI=1S/C69H50N2O4/c1-37-24-52(25-38(2)41(37)5)70(50-20-22-64-58(34-50)54-12-8-10-14-62(54)72-64)48-18-16-44-30-56-60-36-61-57-31-45-17-19-49(29-47(45)33-67(57)75-69(61)43(7)68(60)74-66(56)32-46(44)28-48)71(53-26-39(3)42(6)40(4)27-53)51-21-23-65-59(35-51)55-13-9-11-15-63(55)73-65/h8-36H,1-7H3. The number of furan rings is 4. The van der Waals surface area contributed by atoms with E-state index in [1.54, 1.807) is 0 Å². The van der Waals surface area contributed by atoms with Crippen LogP contribution < -0.4 is 9.80 Å². The van der Waals surface area contributed by atoms with Gasteiger partial charge in [0.15, 0.2) is 0 Å². The van der Waals surface area contributed by atoms with Crippen molar-refractivity contribution in [3.63, 3.8) is 0 Å². The second kappa shape index (κ2) is 15.9. The second-order valence-corrected chi connectivity index (χ2v) is 20.9. The highest BCUT2D eigenvalue weighted by molar-refractivity contribution is 6.20. The van der Waals surface area contributed by atoms with Crippen LogP contribution in [-0.4, -0.2) is 0 Å². The van der Waals surface area contributed by atoms with E-state index in [2.05, 4.69) is 210 Å². The topological polar surface area (TPSA) is 59.0 Å². The molecule has 15 aromatic rings. The molecule has 0 aliphatic rings. The van der Waals surface area contributed by atoms with Gasteiger partial charge in [0.1, 0.15) is 44.7 Å². The number of fused-ring (bicyclic) bond motifs is 14. The van der Waals surface area contributed by atoms with Gasteiger partial charge in [-0.1, -0.05) is 48.5 Å². The number of hydrogen-bond donors (Lipinski definition) is 0. The van der Waals surface area contributed by atoms with Gasteiger partial charge in [0.2, 0.25) is 0 Å². The van der Waals surface area contributed by atoms with Crippen LogP contribution in [-0.2, 0) is 0 Å². The molecule has 0 amide bonds. The van der Waals surface area contributed by atoms with E-state index >= 15 is 0 Å². The first-order valence-electron chi connectivity index (χ1n) is 25.8. The van der Waals surface area contributed by atoms with Gasteiger partial charge in [0, 0.05) is 82.8 Å². The van der Waals surface area contributed by atoms with E-state index in [9.17, 15) is 0 Å². The number of nitrogens with zero attached hydrogens (tertiary/aromatic N) is 2. The molecule has 0 unspecified atom stereocenters. The summed E-state index contributed by atoms with van der Waals surface area (Å²) in [6.45, 7) is 15.3. The van der Waals surface area contributed by atoms with Crippen molar-refractivity contribution in [2.45, 2.75) is 48.5 Å². The summed E-state index contributed by atoms with van der Waals surface area (Å²) in [5, 5.41) is 13.2. The minimum atomic E-state index is 0.841. The average molecular weight is 971 g/mol. The summed E-state index contributed by atoms with van der Waals surface area (Å²) in [4.78, 5) is 4.73. The largest absolute Gasteiger partial charge is 0.456 e. The number of benzene rings is 11. The Morgan fingerprint density at radius 1 is 0.240 bits per heavy atom. The lowest BCUT2D eigenvalue weighted by molar-refractivity contribution is 0.651. The quantitative estimate of drug-likeness (QED) is 0.165. The molecule has 15 rings (SSSR count). The first kappa shape index (κ1) is 43.3. The minimum absolute atomic E-state index is 0.841. The van der Waals surface area contributed by atoms with E-state index in [0.29, 0.717) is 0 Å². The van der Waals surface area contributed by atoms with Crippen LogP contribution in [0.4, 0.5) is 34.1 Å². The van der Waals surface area contributed by atoms with Gasteiger partial charge < -0.3 is 27.5 Å². The normalized spacial score (nSPS) is 12.2. The van der Waals surface area contributed by atoms with Gasteiger partial charge in [0.25, 0.3) is 0 Å². The zero-order chi connectivity index (χ0) is 50.5. The third-order valence-electron chi connectivity index (χ3n) is 16.4. The number of anilines is 6. The molecule has 0 bridgehead atoms. The molecular weight excluding hydrogens is 921 g/mol. The van der Waals surface area contributed by atoms with Crippen molar-refractivity contribution < 1.29 is 17.7 Å². The number of hydrogen-bond acceptors (Lipinski definition) is 6. The van der Waals surface area contributed by atoms with Crippen LogP contribution in [0.5, 0.6) is 0 Å². The molecule has 0 aliphatic heterocycles. The molecule has 0 N–H and O–H groups in total. The molecule has 0 saturated heterocycles. The fraction of sp³-hybridized carbons (Fsp3) is 0.101. The summed E-state index contributed by atoms with van der Waals surface area (Å²) >= 11 is 0. The van der Waals surface area contributed by atoms with Crippen molar-refractivity contribution in [1.29, 1.82) is 0 Å². The van der Waals surface area contributed by atoms with Crippen LogP contribution in [0.25, 0.3) is 109 Å². The van der Waals surface area contributed by atoms with Crippen LogP contribution in [0.1, 0.15) is 38.9 Å². The Labute approximate surface area is 432 Å². The second-order valence-electron chi connectivity index (χ2n) is 20.9. The first-order valence-corrected chi connectivity index (χ1v) is 25.8. The summed E-state index contributed by atoms with van der Waals surface area (Å²) in [7, 11) is 0. The Kier molecular flexibility index (Phi) is 9.17. The summed E-state index contributed by atoms with van der Waals surface area (Å²) in [5.74, 6) is 0. The smallest absolute Gasteiger partial charge is 0.142 e. The first-order chi connectivity index (χ1) is 36.5. The van der Waals surface area contributed by atoms with E-state index in [0.717, 1.165) is 149 Å². The summed E-state index contributed by atoms with van der Waals surface area (Å²) in [6.07, 6.45) is 0. The highest BCUT2D eigenvalue weighted by Gasteiger charge is 2.23. The van der Waals surface area contributed by atoms with Gasteiger partial charge in [-0.15, -0.1) is 0 Å². The molecule has 75 heavy (non-hydrogen) atoms. The van der Waals surface area contributed by atoms with Gasteiger partial charge in [-0.3, -0.25) is 0 Å². The Morgan fingerprint density at radius 2 is 0.613 bits per heavy atom. The molecule has 0 radical (unpaired) electrons. The third kappa shape index (κ3) is 6.58. The molecule has 360 valence electrons. The van der Waals surface area contributed by atoms with E-state index in [1.807, 2.05) is 24.3 Å². The fourth-order valence-corrected chi connectivity index (χ4v) is 11.9. The SMILES string of the molecule is Cc1cc(N(c2ccc3cc4c(cc3c2)oc2c(C)c3oc5cc6cc(N(c7cc(C)c(C)c(C)c7)c7ccc8oc9ccccc9c8c7)ccc6cc5c3cc24)c2ccc3oc4ccccc4c3c2)cc(C)c1C. The van der Waals surface area contributed by atoms with Crippen LogP contribution in [0.2, 0.25) is 0 Å². The van der Waals surface area contributed by atoms with Crippen LogP contribution >= 0.6 is 0 Å². The molecular formula is C69H50N2O4. The molecule has 11 aromatic carbocycles. The predicted molar refractivity (Wildman–Crippen MR) is 313 cm³/mol. The molecule has 4 aromatic heterocycles. The molecule has 0 spiro atoms. The fourth-order valence-electron chi connectivity index (χ4n) is 11.9. The van der Waals surface area contributed by atoms with Crippen LogP contribution in [0.3, 0.4) is 0 Å². The number of rotatable bonds is 6. The molecule has 0 atom stereocenters. The van der Waals surface area contributed by atoms with Crippen molar-refractivity contribution in [1.82, 2.24) is 0 Å². The number of aryl methyl sites for hydroxylation is 5. The molecule has 4 heterocycles. The van der Waals surface area contributed by atoms with E-state index < -0.39 is 0 Å². The highest BCUT2D eigenvalue weighted by atomic mass is 16.3. The lowest BCUT2D eigenvalue weighted by Gasteiger charge is -2.27. The monoisotopic (exact) mass is 970 g/mol. The zero-order valence-corrected chi connectivity index (χ0v) is 42.8. The maximum absolute atomic E-state index is 6.87. The van der Waals surface area contributed by atoms with Crippen LogP contribution in [0, 0.1) is 48.5 Å². The van der Waals surface area contributed by atoms with Crippen molar-refractivity contribution in [2.75, 3.05) is 9.80 Å². The third-order valence-corrected chi connectivity index (χ3v) is 16.4. The van der Waals surface area contributed by atoms with Crippen molar-refractivity contribution in [3.05, 3.63) is 215 Å². The van der Waals surface area contributed by atoms with E-state index in [-0.39, 0.29) is 0 Å². The molecule has 0 aliphatic carbocycles. The highest BCUT2D eigenvalue weighted by Crippen LogP contribution is 2.46. The summed E-state index contributed by atoms with van der Waals surface area (Å²) < 4.78 is 26.3. The zero-order valence-electron chi connectivity index (χ0n) is 42.8. The lowest BCUT2D eigenvalue weighted by atomic mass is 10.00. The van der Waals surface area contributed by atoms with Crippen LogP contribution in [0.15, 0.2) is 194 Å². The molecule has 6 nitrogen and oxygen atoms in total. The predicted octanol–water partition coefficient (Wildman–Crippen LogP) is 20.7. The van der Waals surface area contributed by atoms with Crippen molar-refractivity contribution in [3.8, 4) is 0 Å². The van der Waals surface area contributed by atoms with Gasteiger partial charge in [-0.2, -0.15) is 0 Å². The molecule has 6 heteroatoms. The molecule has 0 saturated carbocycles. The lowest BCUT2D eigenvalue weighted by Crippen LogP contribution is -2.11.